The predicted octanol–water partition coefficient (Wildman–Crippen LogP) is 3.36. The summed E-state index contributed by atoms with van der Waals surface area (Å²) in [5.74, 6) is -0.826. The van der Waals surface area contributed by atoms with Gasteiger partial charge in [-0.3, -0.25) is 0 Å². The molecule has 0 aliphatic carbocycles. The van der Waals surface area contributed by atoms with Crippen molar-refractivity contribution in [2.75, 3.05) is 6.61 Å². The van der Waals surface area contributed by atoms with Gasteiger partial charge >= 0.3 is 5.97 Å². The molecule has 1 rings (SSSR count). The van der Waals surface area contributed by atoms with Gasteiger partial charge in [-0.25, -0.2) is 9.18 Å². The third-order valence-corrected chi connectivity index (χ3v) is 2.29. The Morgan fingerprint density at radius 1 is 1.56 bits per heavy atom. The minimum absolute atomic E-state index is 0.305. The highest BCUT2D eigenvalue weighted by molar-refractivity contribution is 6.32. The Labute approximate surface area is 98.7 Å². The van der Waals surface area contributed by atoms with E-state index in [2.05, 4.69) is 0 Å². The van der Waals surface area contributed by atoms with Crippen LogP contribution in [0, 0.1) is 12.7 Å². The number of carbonyl (C=O) groups excluding carboxylic acids is 1. The molecule has 0 heterocycles. The van der Waals surface area contributed by atoms with Crippen molar-refractivity contribution >= 4 is 23.6 Å². The van der Waals surface area contributed by atoms with Crippen molar-refractivity contribution in [3.05, 3.63) is 40.2 Å². The fourth-order valence-corrected chi connectivity index (χ4v) is 1.42. The van der Waals surface area contributed by atoms with E-state index in [4.69, 9.17) is 16.3 Å². The Morgan fingerprint density at radius 3 is 2.88 bits per heavy atom. The average molecular weight is 243 g/mol. The number of hydrogen-bond acceptors (Lipinski definition) is 2. The standard InChI is InChI=1S/C12H12ClFO2/c1-3-16-12(15)5-4-9-7-11(14)8(2)6-10(9)13/h4-7H,3H2,1-2H3. The summed E-state index contributed by atoms with van der Waals surface area (Å²) in [6.45, 7) is 3.64. The summed E-state index contributed by atoms with van der Waals surface area (Å²) in [6.07, 6.45) is 2.66. The SMILES string of the molecule is CCOC(=O)C=Cc1cc(F)c(C)cc1Cl. The minimum atomic E-state index is -0.473. The number of carbonyl (C=O) groups is 1. The van der Waals surface area contributed by atoms with Crippen molar-refractivity contribution in [1.29, 1.82) is 0 Å². The zero-order valence-electron chi connectivity index (χ0n) is 9.09. The average Bonchev–Trinajstić information content (AvgIpc) is 2.22. The van der Waals surface area contributed by atoms with Crippen molar-refractivity contribution in [3.63, 3.8) is 0 Å². The maximum atomic E-state index is 13.2. The molecule has 0 aromatic heterocycles. The largest absolute Gasteiger partial charge is 0.463 e. The zero-order chi connectivity index (χ0) is 12.1. The van der Waals surface area contributed by atoms with E-state index in [1.54, 1.807) is 13.8 Å². The molecule has 1 aromatic carbocycles. The van der Waals surface area contributed by atoms with E-state index in [1.807, 2.05) is 0 Å². The van der Waals surface area contributed by atoms with Crippen molar-refractivity contribution in [3.8, 4) is 0 Å². The quantitative estimate of drug-likeness (QED) is 0.600. The molecule has 4 heteroatoms. The van der Waals surface area contributed by atoms with Gasteiger partial charge in [0.1, 0.15) is 5.82 Å². The van der Waals surface area contributed by atoms with Gasteiger partial charge in [-0.2, -0.15) is 0 Å². The highest BCUT2D eigenvalue weighted by Crippen LogP contribution is 2.21. The molecule has 0 amide bonds. The summed E-state index contributed by atoms with van der Waals surface area (Å²) in [4.78, 5) is 11.0. The molecule has 16 heavy (non-hydrogen) atoms. The lowest BCUT2D eigenvalue weighted by Gasteiger charge is -2.02. The highest BCUT2D eigenvalue weighted by atomic mass is 35.5. The van der Waals surface area contributed by atoms with Gasteiger partial charge in [0, 0.05) is 11.1 Å². The fraction of sp³-hybridized carbons (Fsp3) is 0.250. The van der Waals surface area contributed by atoms with E-state index in [0.717, 1.165) is 0 Å². The molecule has 0 saturated carbocycles. The first-order chi connectivity index (χ1) is 7.54. The topological polar surface area (TPSA) is 26.3 Å². The molecule has 0 atom stereocenters. The van der Waals surface area contributed by atoms with Crippen LogP contribution in [0.5, 0.6) is 0 Å². The summed E-state index contributed by atoms with van der Waals surface area (Å²) >= 11 is 5.89. The number of benzene rings is 1. The Kier molecular flexibility index (Phi) is 4.50. The second-order valence-electron chi connectivity index (χ2n) is 3.21. The van der Waals surface area contributed by atoms with E-state index >= 15 is 0 Å². The van der Waals surface area contributed by atoms with E-state index in [9.17, 15) is 9.18 Å². The molecule has 0 spiro atoms. The lowest BCUT2D eigenvalue weighted by Crippen LogP contribution is -1.98. The molecule has 0 radical (unpaired) electrons. The molecular formula is C12H12ClFO2. The van der Waals surface area contributed by atoms with Gasteiger partial charge in [0.25, 0.3) is 0 Å². The van der Waals surface area contributed by atoms with Crippen LogP contribution in [0.4, 0.5) is 4.39 Å². The summed E-state index contributed by atoms with van der Waals surface area (Å²) in [6, 6.07) is 2.80. The Bertz CT molecular complexity index is 427. The van der Waals surface area contributed by atoms with Crippen molar-refractivity contribution in [2.45, 2.75) is 13.8 Å². The van der Waals surface area contributed by atoms with E-state index in [1.165, 1.54) is 24.3 Å². The van der Waals surface area contributed by atoms with Gasteiger partial charge in [0.05, 0.1) is 6.61 Å². The van der Waals surface area contributed by atoms with Crippen molar-refractivity contribution in [1.82, 2.24) is 0 Å². The Hall–Kier alpha value is -1.35. The zero-order valence-corrected chi connectivity index (χ0v) is 9.84. The second-order valence-corrected chi connectivity index (χ2v) is 3.62. The van der Waals surface area contributed by atoms with E-state index in [-0.39, 0.29) is 5.82 Å². The molecule has 0 aliphatic rings. The molecule has 0 saturated heterocycles. The molecule has 0 unspecified atom stereocenters. The normalized spacial score (nSPS) is 10.8. The number of hydrogen-bond donors (Lipinski definition) is 0. The molecule has 86 valence electrons. The number of halogens is 2. The van der Waals surface area contributed by atoms with Gasteiger partial charge in [0.15, 0.2) is 0 Å². The number of aryl methyl sites for hydroxylation is 1. The van der Waals surface area contributed by atoms with E-state index < -0.39 is 5.97 Å². The molecule has 0 fully saturated rings. The van der Waals surface area contributed by atoms with E-state index in [0.29, 0.717) is 22.8 Å². The van der Waals surface area contributed by atoms with Crippen LogP contribution < -0.4 is 0 Å². The Morgan fingerprint density at radius 2 is 2.25 bits per heavy atom. The summed E-state index contributed by atoms with van der Waals surface area (Å²) in [7, 11) is 0. The van der Waals surface area contributed by atoms with Crippen molar-refractivity contribution < 1.29 is 13.9 Å². The third-order valence-electron chi connectivity index (χ3n) is 1.96. The lowest BCUT2D eigenvalue weighted by molar-refractivity contribution is -0.137. The van der Waals surface area contributed by atoms with Gasteiger partial charge in [-0.05, 0) is 43.2 Å². The summed E-state index contributed by atoms with van der Waals surface area (Å²) < 4.78 is 17.9. The van der Waals surface area contributed by atoms with Gasteiger partial charge in [0.2, 0.25) is 0 Å². The molecule has 0 N–H and O–H groups in total. The number of ether oxygens (including phenoxy) is 1. The van der Waals surface area contributed by atoms with Crippen LogP contribution in [0.2, 0.25) is 5.02 Å². The first kappa shape index (κ1) is 12.7. The number of rotatable bonds is 3. The van der Waals surface area contributed by atoms with Crippen LogP contribution in [0.3, 0.4) is 0 Å². The van der Waals surface area contributed by atoms with Crippen LogP contribution in [-0.4, -0.2) is 12.6 Å². The maximum absolute atomic E-state index is 13.2. The summed E-state index contributed by atoms with van der Waals surface area (Å²) in [5, 5.41) is 0.402. The fourth-order valence-electron chi connectivity index (χ4n) is 1.14. The smallest absolute Gasteiger partial charge is 0.330 e. The van der Waals surface area contributed by atoms with Gasteiger partial charge in [-0.1, -0.05) is 11.6 Å². The van der Waals surface area contributed by atoms with Crippen LogP contribution in [0.1, 0.15) is 18.1 Å². The molecular weight excluding hydrogens is 231 g/mol. The van der Waals surface area contributed by atoms with Crippen LogP contribution in [0.15, 0.2) is 18.2 Å². The van der Waals surface area contributed by atoms with Gasteiger partial charge in [-0.15, -0.1) is 0 Å². The van der Waals surface area contributed by atoms with Crippen LogP contribution >= 0.6 is 11.6 Å². The third kappa shape index (κ3) is 3.35. The second kappa shape index (κ2) is 5.66. The number of esters is 1. The van der Waals surface area contributed by atoms with Gasteiger partial charge < -0.3 is 4.74 Å². The highest BCUT2D eigenvalue weighted by Gasteiger charge is 2.03. The maximum Gasteiger partial charge on any atom is 0.330 e. The lowest BCUT2D eigenvalue weighted by atomic mass is 10.1. The summed E-state index contributed by atoms with van der Waals surface area (Å²) in [5.41, 5.74) is 0.927. The minimum Gasteiger partial charge on any atom is -0.463 e. The Balaban J connectivity index is 2.89. The van der Waals surface area contributed by atoms with Crippen molar-refractivity contribution in [2.24, 2.45) is 0 Å². The predicted molar refractivity (Wildman–Crippen MR) is 61.8 cm³/mol. The first-order valence-corrected chi connectivity index (χ1v) is 5.23. The van der Waals surface area contributed by atoms with Crippen LogP contribution in [-0.2, 0) is 9.53 Å². The molecule has 1 aromatic rings. The molecule has 0 aliphatic heterocycles. The van der Waals surface area contributed by atoms with Crippen LogP contribution in [0.25, 0.3) is 6.08 Å². The first-order valence-electron chi connectivity index (χ1n) is 4.85. The molecule has 2 nitrogen and oxygen atoms in total. The molecule has 0 bridgehead atoms. The monoisotopic (exact) mass is 242 g/mol.